The average molecular weight is 374 g/mol. The Bertz CT molecular complexity index is 647. The van der Waals surface area contributed by atoms with Crippen LogP contribution in [0, 0.1) is 11.8 Å². The molecule has 1 aromatic rings. The van der Waals surface area contributed by atoms with E-state index in [9.17, 15) is 9.59 Å². The minimum Gasteiger partial charge on any atom is -0.493 e. The van der Waals surface area contributed by atoms with Gasteiger partial charge in [-0.2, -0.15) is 0 Å². The zero-order chi connectivity index (χ0) is 19.2. The monoisotopic (exact) mass is 374 g/mol. The van der Waals surface area contributed by atoms with E-state index in [4.69, 9.17) is 9.47 Å². The number of morpholine rings is 1. The maximum atomic E-state index is 12.8. The molecule has 3 rings (SSSR count). The second-order valence-corrected chi connectivity index (χ2v) is 7.74. The van der Waals surface area contributed by atoms with Crippen LogP contribution in [-0.2, 0) is 9.53 Å². The number of piperidine rings is 1. The molecule has 1 aromatic carbocycles. The highest BCUT2D eigenvalue weighted by Gasteiger charge is 2.31. The molecule has 27 heavy (non-hydrogen) atoms. The zero-order valence-electron chi connectivity index (χ0n) is 16.4. The summed E-state index contributed by atoms with van der Waals surface area (Å²) in [6.45, 7) is 8.67. The van der Waals surface area contributed by atoms with Crippen molar-refractivity contribution in [3.63, 3.8) is 0 Å². The lowest BCUT2D eigenvalue weighted by Gasteiger charge is -2.35. The maximum Gasteiger partial charge on any atom is 0.253 e. The number of amides is 2. The number of benzene rings is 1. The van der Waals surface area contributed by atoms with Gasteiger partial charge in [0.1, 0.15) is 5.75 Å². The van der Waals surface area contributed by atoms with Gasteiger partial charge in [0.15, 0.2) is 0 Å². The van der Waals surface area contributed by atoms with Gasteiger partial charge < -0.3 is 19.3 Å². The molecule has 0 aliphatic carbocycles. The molecular weight excluding hydrogens is 344 g/mol. The predicted octanol–water partition coefficient (Wildman–Crippen LogP) is 2.43. The highest BCUT2D eigenvalue weighted by molar-refractivity contribution is 5.94. The Morgan fingerprint density at radius 3 is 2.48 bits per heavy atom. The zero-order valence-corrected chi connectivity index (χ0v) is 16.4. The highest BCUT2D eigenvalue weighted by Crippen LogP contribution is 2.23. The van der Waals surface area contributed by atoms with E-state index >= 15 is 0 Å². The Hall–Kier alpha value is -2.08. The summed E-state index contributed by atoms with van der Waals surface area (Å²) in [7, 11) is 0. The first-order chi connectivity index (χ1) is 13.0. The summed E-state index contributed by atoms with van der Waals surface area (Å²) in [5.41, 5.74) is 0.647. The van der Waals surface area contributed by atoms with Crippen LogP contribution in [0.4, 0.5) is 0 Å². The van der Waals surface area contributed by atoms with Crippen LogP contribution in [0.25, 0.3) is 0 Å². The van der Waals surface area contributed by atoms with Gasteiger partial charge in [0.2, 0.25) is 5.91 Å². The Morgan fingerprint density at radius 1 is 1.11 bits per heavy atom. The minimum atomic E-state index is 0.0160. The van der Waals surface area contributed by atoms with Crippen molar-refractivity contribution >= 4 is 11.8 Å². The van der Waals surface area contributed by atoms with Crippen LogP contribution in [-0.4, -0.2) is 67.6 Å². The van der Waals surface area contributed by atoms with Crippen molar-refractivity contribution in [2.24, 2.45) is 11.8 Å². The van der Waals surface area contributed by atoms with Crippen LogP contribution >= 0.6 is 0 Å². The fourth-order valence-corrected chi connectivity index (χ4v) is 3.54. The fraction of sp³-hybridized carbons (Fsp3) is 0.619. The van der Waals surface area contributed by atoms with Gasteiger partial charge in [0.05, 0.1) is 19.8 Å². The largest absolute Gasteiger partial charge is 0.493 e. The molecule has 2 heterocycles. The Kier molecular flexibility index (Phi) is 6.72. The Labute approximate surface area is 161 Å². The molecule has 2 fully saturated rings. The summed E-state index contributed by atoms with van der Waals surface area (Å²) >= 11 is 0. The number of ether oxygens (including phenoxy) is 2. The van der Waals surface area contributed by atoms with Crippen LogP contribution < -0.4 is 4.74 Å². The van der Waals surface area contributed by atoms with Crippen LogP contribution in [0.2, 0.25) is 0 Å². The fourth-order valence-electron chi connectivity index (χ4n) is 3.54. The molecule has 0 saturated carbocycles. The lowest BCUT2D eigenvalue weighted by Crippen LogP contribution is -2.47. The molecule has 148 valence electrons. The Balaban J connectivity index is 1.53. The number of hydrogen-bond donors (Lipinski definition) is 0. The topological polar surface area (TPSA) is 59.1 Å². The minimum absolute atomic E-state index is 0.0160. The van der Waals surface area contributed by atoms with Crippen molar-refractivity contribution in [2.45, 2.75) is 26.7 Å². The third-order valence-corrected chi connectivity index (χ3v) is 5.12. The van der Waals surface area contributed by atoms with Gasteiger partial charge in [-0.25, -0.2) is 0 Å². The molecule has 0 bridgehead atoms. The summed E-state index contributed by atoms with van der Waals surface area (Å²) in [6.07, 6.45) is 1.46. The number of rotatable bonds is 5. The van der Waals surface area contributed by atoms with Crippen LogP contribution in [0.1, 0.15) is 37.0 Å². The first-order valence-electron chi connectivity index (χ1n) is 9.93. The number of nitrogens with zero attached hydrogens (tertiary/aromatic N) is 2. The van der Waals surface area contributed by atoms with Gasteiger partial charge in [0.25, 0.3) is 5.91 Å². The van der Waals surface area contributed by atoms with E-state index in [-0.39, 0.29) is 17.7 Å². The lowest BCUT2D eigenvalue weighted by molar-refractivity contribution is -0.141. The van der Waals surface area contributed by atoms with Crippen molar-refractivity contribution in [3.05, 3.63) is 29.8 Å². The van der Waals surface area contributed by atoms with Gasteiger partial charge in [-0.05, 0) is 37.0 Å². The van der Waals surface area contributed by atoms with Crippen molar-refractivity contribution in [2.75, 3.05) is 46.0 Å². The lowest BCUT2D eigenvalue weighted by atomic mass is 9.94. The summed E-state index contributed by atoms with van der Waals surface area (Å²) in [6, 6.07) is 7.38. The maximum absolute atomic E-state index is 12.8. The molecule has 0 spiro atoms. The number of hydrogen-bond acceptors (Lipinski definition) is 4. The molecule has 0 unspecified atom stereocenters. The molecule has 0 radical (unpaired) electrons. The Morgan fingerprint density at radius 2 is 1.81 bits per heavy atom. The van der Waals surface area contributed by atoms with Crippen molar-refractivity contribution < 1.29 is 19.1 Å². The van der Waals surface area contributed by atoms with Crippen LogP contribution in [0.3, 0.4) is 0 Å². The van der Waals surface area contributed by atoms with Crippen molar-refractivity contribution in [1.29, 1.82) is 0 Å². The predicted molar refractivity (Wildman–Crippen MR) is 103 cm³/mol. The second-order valence-electron chi connectivity index (χ2n) is 7.74. The van der Waals surface area contributed by atoms with E-state index in [0.29, 0.717) is 57.5 Å². The molecule has 0 aromatic heterocycles. The molecule has 0 N–H and O–H groups in total. The number of carbonyl (C=O) groups is 2. The quantitative estimate of drug-likeness (QED) is 0.794. The first-order valence-corrected chi connectivity index (χ1v) is 9.93. The molecule has 2 saturated heterocycles. The third-order valence-electron chi connectivity index (χ3n) is 5.12. The first kappa shape index (κ1) is 19.7. The summed E-state index contributed by atoms with van der Waals surface area (Å²) in [5, 5.41) is 0. The molecule has 2 amide bonds. The van der Waals surface area contributed by atoms with Gasteiger partial charge in [0, 0.05) is 37.7 Å². The number of likely N-dealkylation sites (tertiary alicyclic amines) is 1. The molecule has 2 aliphatic rings. The van der Waals surface area contributed by atoms with E-state index < -0.39 is 0 Å². The van der Waals surface area contributed by atoms with E-state index in [1.165, 1.54) is 0 Å². The van der Waals surface area contributed by atoms with E-state index in [2.05, 4.69) is 13.8 Å². The van der Waals surface area contributed by atoms with E-state index in [0.717, 1.165) is 18.6 Å². The standard InChI is InChI=1S/C21H30N2O4/c1-16(2)15-27-19-5-3-4-18(14-19)21(25)22-8-6-17(7-9-22)20(24)23-10-12-26-13-11-23/h3-5,14,16-17H,6-13,15H2,1-2H3. The van der Waals surface area contributed by atoms with Gasteiger partial charge in [-0.3, -0.25) is 9.59 Å². The van der Waals surface area contributed by atoms with Crippen molar-refractivity contribution in [1.82, 2.24) is 9.80 Å². The molecular formula is C21H30N2O4. The molecule has 2 aliphatic heterocycles. The van der Waals surface area contributed by atoms with Gasteiger partial charge in [-0.15, -0.1) is 0 Å². The van der Waals surface area contributed by atoms with Gasteiger partial charge >= 0.3 is 0 Å². The van der Waals surface area contributed by atoms with Gasteiger partial charge in [-0.1, -0.05) is 19.9 Å². The molecule has 6 nitrogen and oxygen atoms in total. The smallest absolute Gasteiger partial charge is 0.253 e. The summed E-state index contributed by atoms with van der Waals surface area (Å²) in [4.78, 5) is 29.2. The van der Waals surface area contributed by atoms with Crippen molar-refractivity contribution in [3.8, 4) is 5.75 Å². The number of carbonyl (C=O) groups excluding carboxylic acids is 2. The highest BCUT2D eigenvalue weighted by atomic mass is 16.5. The van der Waals surface area contributed by atoms with Crippen LogP contribution in [0.5, 0.6) is 5.75 Å². The molecule has 0 atom stereocenters. The summed E-state index contributed by atoms with van der Waals surface area (Å²) < 4.78 is 11.0. The van der Waals surface area contributed by atoms with Crippen LogP contribution in [0.15, 0.2) is 24.3 Å². The average Bonchev–Trinajstić information content (AvgIpc) is 2.72. The summed E-state index contributed by atoms with van der Waals surface area (Å²) in [5.74, 6) is 1.42. The van der Waals surface area contributed by atoms with E-state index in [1.54, 1.807) is 0 Å². The molecule has 6 heteroatoms. The SMILES string of the molecule is CC(C)COc1cccc(C(=O)N2CCC(C(=O)N3CCOCC3)CC2)c1. The second kappa shape index (κ2) is 9.22. The normalized spacial score (nSPS) is 18.6. The van der Waals surface area contributed by atoms with E-state index in [1.807, 2.05) is 34.1 Å². The third kappa shape index (κ3) is 5.22.